The Bertz CT molecular complexity index is 609. The maximum absolute atomic E-state index is 6.26. The normalized spacial score (nSPS) is 11.8. The van der Waals surface area contributed by atoms with Crippen molar-refractivity contribution in [1.82, 2.24) is 0 Å². The van der Waals surface area contributed by atoms with E-state index in [9.17, 15) is 0 Å². The van der Waals surface area contributed by atoms with Crippen molar-refractivity contribution in [3.8, 4) is 0 Å². The molecule has 0 aliphatic heterocycles. The van der Waals surface area contributed by atoms with Crippen LogP contribution >= 0.6 is 27.5 Å². The van der Waals surface area contributed by atoms with E-state index < -0.39 is 0 Å². The Balaban J connectivity index is 2.34. The second-order valence-corrected chi connectivity index (χ2v) is 6.11. The van der Waals surface area contributed by atoms with Gasteiger partial charge in [-0.15, -0.1) is 0 Å². The summed E-state index contributed by atoms with van der Waals surface area (Å²) in [6, 6.07) is 16.3. The lowest BCUT2D eigenvalue weighted by Crippen LogP contribution is -2.79. The molecule has 4 heteroatoms. The predicted octanol–water partition coefficient (Wildman–Crippen LogP) is 3.45. The SMILES string of the molecule is CC(C)[NH+]=C(Nc1ccc(Br)cc1Cl)c1ccccc1. The molecule has 2 N–H and O–H groups in total. The molecule has 104 valence electrons. The summed E-state index contributed by atoms with van der Waals surface area (Å²) in [6.07, 6.45) is 0. The molecule has 20 heavy (non-hydrogen) atoms. The first-order chi connectivity index (χ1) is 9.56. The Kier molecular flexibility index (Phi) is 5.21. The quantitative estimate of drug-likeness (QED) is 0.642. The van der Waals surface area contributed by atoms with Gasteiger partial charge >= 0.3 is 0 Å². The average Bonchev–Trinajstić information content (AvgIpc) is 2.41. The van der Waals surface area contributed by atoms with Crippen molar-refractivity contribution >= 4 is 39.1 Å². The number of anilines is 1. The number of benzene rings is 2. The largest absolute Gasteiger partial charge is 0.280 e. The zero-order valence-electron chi connectivity index (χ0n) is 11.5. The third-order valence-electron chi connectivity index (χ3n) is 2.69. The average molecular weight is 353 g/mol. The molecule has 0 aliphatic rings. The van der Waals surface area contributed by atoms with Crippen LogP contribution in [0.1, 0.15) is 19.4 Å². The minimum Gasteiger partial charge on any atom is -0.272 e. The van der Waals surface area contributed by atoms with Gasteiger partial charge in [-0.1, -0.05) is 45.7 Å². The maximum Gasteiger partial charge on any atom is 0.280 e. The van der Waals surface area contributed by atoms with Crippen molar-refractivity contribution in [1.29, 1.82) is 0 Å². The van der Waals surface area contributed by atoms with Crippen LogP contribution < -0.4 is 10.3 Å². The van der Waals surface area contributed by atoms with Crippen molar-refractivity contribution in [2.24, 2.45) is 0 Å². The zero-order chi connectivity index (χ0) is 14.5. The van der Waals surface area contributed by atoms with Gasteiger partial charge in [0.2, 0.25) is 0 Å². The van der Waals surface area contributed by atoms with Crippen LogP contribution in [0.25, 0.3) is 0 Å². The molecule has 0 aliphatic carbocycles. The van der Waals surface area contributed by atoms with Crippen LogP contribution in [-0.4, -0.2) is 11.9 Å². The maximum atomic E-state index is 6.26. The second kappa shape index (κ2) is 6.91. The van der Waals surface area contributed by atoms with Gasteiger partial charge in [-0.3, -0.25) is 4.99 Å². The highest BCUT2D eigenvalue weighted by Gasteiger charge is 2.14. The zero-order valence-corrected chi connectivity index (χ0v) is 13.8. The fourth-order valence-electron chi connectivity index (χ4n) is 1.81. The number of amidine groups is 1. The molecule has 0 bridgehead atoms. The first kappa shape index (κ1) is 15.1. The summed E-state index contributed by atoms with van der Waals surface area (Å²) in [6.45, 7) is 4.21. The lowest BCUT2D eigenvalue weighted by Gasteiger charge is -2.07. The van der Waals surface area contributed by atoms with E-state index in [4.69, 9.17) is 11.6 Å². The van der Waals surface area contributed by atoms with Gasteiger partial charge in [-0.2, -0.15) is 0 Å². The van der Waals surface area contributed by atoms with Gasteiger partial charge in [0.1, 0.15) is 5.69 Å². The van der Waals surface area contributed by atoms with Gasteiger partial charge in [0.25, 0.3) is 5.84 Å². The fraction of sp³-hybridized carbons (Fsp3) is 0.188. The minimum atomic E-state index is 0.326. The Morgan fingerprint density at radius 2 is 1.85 bits per heavy atom. The third-order valence-corrected chi connectivity index (χ3v) is 3.49. The Morgan fingerprint density at radius 1 is 1.15 bits per heavy atom. The van der Waals surface area contributed by atoms with Gasteiger partial charge in [0, 0.05) is 4.47 Å². The number of hydrogen-bond donors (Lipinski definition) is 2. The van der Waals surface area contributed by atoms with Crippen molar-refractivity contribution in [3.05, 3.63) is 63.6 Å². The molecule has 0 amide bonds. The molecule has 2 aromatic rings. The number of rotatable bonds is 3. The summed E-state index contributed by atoms with van der Waals surface area (Å²) in [5.41, 5.74) is 1.97. The number of nitrogens with one attached hydrogen (secondary N) is 2. The molecule has 0 unspecified atom stereocenters. The van der Waals surface area contributed by atoms with Gasteiger partial charge in [-0.05, 0) is 44.2 Å². The van der Waals surface area contributed by atoms with E-state index in [2.05, 4.69) is 52.2 Å². The molecule has 2 aromatic carbocycles. The Morgan fingerprint density at radius 3 is 2.45 bits per heavy atom. The summed E-state index contributed by atoms with van der Waals surface area (Å²) < 4.78 is 0.964. The molecule has 0 atom stereocenters. The van der Waals surface area contributed by atoms with Crippen LogP contribution in [0.4, 0.5) is 5.69 Å². The van der Waals surface area contributed by atoms with E-state index in [1.54, 1.807) is 0 Å². The van der Waals surface area contributed by atoms with Crippen LogP contribution in [-0.2, 0) is 0 Å². The van der Waals surface area contributed by atoms with E-state index in [0.717, 1.165) is 21.6 Å². The van der Waals surface area contributed by atoms with Crippen LogP contribution in [0.2, 0.25) is 5.02 Å². The summed E-state index contributed by atoms with van der Waals surface area (Å²) in [5.74, 6) is 0.949. The van der Waals surface area contributed by atoms with Crippen LogP contribution in [0.3, 0.4) is 0 Å². The molecule has 0 heterocycles. The summed E-state index contributed by atoms with van der Waals surface area (Å²) >= 11 is 9.68. The second-order valence-electron chi connectivity index (χ2n) is 4.79. The topological polar surface area (TPSA) is 26.0 Å². The van der Waals surface area contributed by atoms with Crippen LogP contribution in [0, 0.1) is 0 Å². The van der Waals surface area contributed by atoms with Crippen LogP contribution in [0.15, 0.2) is 53.0 Å². The van der Waals surface area contributed by atoms with Crippen LogP contribution in [0.5, 0.6) is 0 Å². The van der Waals surface area contributed by atoms with E-state index in [1.165, 1.54) is 0 Å². The van der Waals surface area contributed by atoms with Crippen molar-refractivity contribution < 1.29 is 4.99 Å². The Hall–Kier alpha value is -1.32. The van der Waals surface area contributed by atoms with Crippen molar-refractivity contribution in [3.63, 3.8) is 0 Å². The van der Waals surface area contributed by atoms with Gasteiger partial charge in [0.15, 0.2) is 0 Å². The molecule has 2 nitrogen and oxygen atoms in total. The highest BCUT2D eigenvalue weighted by molar-refractivity contribution is 9.10. The first-order valence-corrected chi connectivity index (χ1v) is 7.64. The molecular formula is C16H17BrClN2+. The smallest absolute Gasteiger partial charge is 0.272 e. The van der Waals surface area contributed by atoms with E-state index >= 15 is 0 Å². The summed E-state index contributed by atoms with van der Waals surface area (Å²) in [5, 5.41) is 4.05. The van der Waals surface area contributed by atoms with Gasteiger partial charge in [0.05, 0.1) is 16.6 Å². The van der Waals surface area contributed by atoms with Crippen molar-refractivity contribution in [2.45, 2.75) is 19.9 Å². The van der Waals surface area contributed by atoms with Gasteiger partial charge in [-0.25, -0.2) is 5.32 Å². The predicted molar refractivity (Wildman–Crippen MR) is 89.4 cm³/mol. The molecule has 0 saturated heterocycles. The highest BCUT2D eigenvalue weighted by atomic mass is 79.9. The summed E-state index contributed by atoms with van der Waals surface area (Å²) in [4.78, 5) is 3.42. The minimum absolute atomic E-state index is 0.326. The Labute approximate surface area is 133 Å². The fourth-order valence-corrected chi connectivity index (χ4v) is 2.53. The molecule has 0 radical (unpaired) electrons. The van der Waals surface area contributed by atoms with E-state index in [-0.39, 0.29) is 0 Å². The standard InChI is InChI=1S/C16H16BrClN2/c1-11(2)19-16(12-6-4-3-5-7-12)20-15-9-8-13(17)10-14(15)18/h3-11H,1-2H3,(H,19,20)/p+1. The van der Waals surface area contributed by atoms with Gasteiger partial charge < -0.3 is 0 Å². The van der Waals surface area contributed by atoms with E-state index in [1.807, 2.05) is 36.4 Å². The number of hydrogen-bond acceptors (Lipinski definition) is 0. The molecular weight excluding hydrogens is 336 g/mol. The lowest BCUT2D eigenvalue weighted by atomic mass is 10.2. The number of halogens is 2. The summed E-state index contributed by atoms with van der Waals surface area (Å²) in [7, 11) is 0. The lowest BCUT2D eigenvalue weighted by molar-refractivity contribution is -0.492. The highest BCUT2D eigenvalue weighted by Crippen LogP contribution is 2.25. The molecule has 2 rings (SSSR count). The monoisotopic (exact) mass is 351 g/mol. The van der Waals surface area contributed by atoms with Crippen molar-refractivity contribution in [2.75, 3.05) is 5.32 Å². The molecule has 0 aromatic heterocycles. The van der Waals surface area contributed by atoms with E-state index in [0.29, 0.717) is 11.1 Å². The first-order valence-electron chi connectivity index (χ1n) is 6.47. The molecule has 0 saturated carbocycles. The molecule has 0 spiro atoms. The molecule has 0 fully saturated rings. The third kappa shape index (κ3) is 4.09.